The SMILES string of the molecule is N[C@H](CO)c1cc(CO)cc([N+](=O)[O-])c1O. The van der Waals surface area contributed by atoms with Crippen LogP contribution in [0.4, 0.5) is 5.69 Å². The fourth-order valence-electron chi connectivity index (χ4n) is 1.31. The molecule has 7 nitrogen and oxygen atoms in total. The highest BCUT2D eigenvalue weighted by molar-refractivity contribution is 5.54. The number of rotatable bonds is 4. The molecule has 0 aliphatic carbocycles. The van der Waals surface area contributed by atoms with Gasteiger partial charge in [-0.05, 0) is 11.6 Å². The predicted molar refractivity (Wildman–Crippen MR) is 54.7 cm³/mol. The monoisotopic (exact) mass is 228 g/mol. The van der Waals surface area contributed by atoms with Gasteiger partial charge in [-0.2, -0.15) is 0 Å². The maximum Gasteiger partial charge on any atom is 0.311 e. The number of benzene rings is 1. The first-order chi connectivity index (χ1) is 7.51. The van der Waals surface area contributed by atoms with Crippen molar-refractivity contribution in [3.8, 4) is 5.75 Å². The number of hydrogen-bond acceptors (Lipinski definition) is 6. The van der Waals surface area contributed by atoms with Crippen molar-refractivity contribution < 1.29 is 20.2 Å². The van der Waals surface area contributed by atoms with E-state index in [9.17, 15) is 15.2 Å². The summed E-state index contributed by atoms with van der Waals surface area (Å²) >= 11 is 0. The summed E-state index contributed by atoms with van der Waals surface area (Å²) in [6.07, 6.45) is 0. The highest BCUT2D eigenvalue weighted by Crippen LogP contribution is 2.34. The summed E-state index contributed by atoms with van der Waals surface area (Å²) in [6, 6.07) is 1.46. The molecule has 0 fully saturated rings. The Morgan fingerprint density at radius 1 is 1.44 bits per heavy atom. The largest absolute Gasteiger partial charge is 0.502 e. The van der Waals surface area contributed by atoms with Crippen LogP contribution in [0.3, 0.4) is 0 Å². The van der Waals surface area contributed by atoms with Crippen LogP contribution in [0, 0.1) is 10.1 Å². The molecule has 1 rings (SSSR count). The molecule has 0 amide bonds. The van der Waals surface area contributed by atoms with Gasteiger partial charge in [-0.15, -0.1) is 0 Å². The van der Waals surface area contributed by atoms with E-state index in [1.54, 1.807) is 0 Å². The van der Waals surface area contributed by atoms with Crippen LogP contribution in [0.25, 0.3) is 0 Å². The molecule has 16 heavy (non-hydrogen) atoms. The van der Waals surface area contributed by atoms with E-state index in [-0.39, 0.29) is 11.1 Å². The number of nitro benzene ring substituents is 1. The zero-order valence-corrected chi connectivity index (χ0v) is 8.33. The van der Waals surface area contributed by atoms with Crippen molar-refractivity contribution in [2.24, 2.45) is 5.73 Å². The summed E-state index contributed by atoms with van der Waals surface area (Å²) in [5, 5.41) is 37.9. The predicted octanol–water partition coefficient (Wildman–Crippen LogP) is -0.215. The van der Waals surface area contributed by atoms with E-state index in [1.807, 2.05) is 0 Å². The van der Waals surface area contributed by atoms with E-state index in [2.05, 4.69) is 0 Å². The molecule has 0 aliphatic rings. The van der Waals surface area contributed by atoms with E-state index in [1.165, 1.54) is 6.07 Å². The Balaban J connectivity index is 3.37. The third kappa shape index (κ3) is 2.27. The summed E-state index contributed by atoms with van der Waals surface area (Å²) < 4.78 is 0. The number of hydrogen-bond donors (Lipinski definition) is 4. The minimum atomic E-state index is -0.926. The first-order valence-corrected chi connectivity index (χ1v) is 4.48. The third-order valence-electron chi connectivity index (χ3n) is 2.15. The molecule has 0 unspecified atom stereocenters. The average Bonchev–Trinajstić information content (AvgIpc) is 2.28. The molecular weight excluding hydrogens is 216 g/mol. The van der Waals surface area contributed by atoms with Gasteiger partial charge < -0.3 is 21.1 Å². The Labute approximate surface area is 90.9 Å². The van der Waals surface area contributed by atoms with Crippen molar-refractivity contribution in [1.29, 1.82) is 0 Å². The number of nitrogens with zero attached hydrogens (tertiary/aromatic N) is 1. The van der Waals surface area contributed by atoms with Crippen LogP contribution in [-0.4, -0.2) is 26.8 Å². The lowest BCUT2D eigenvalue weighted by Gasteiger charge is -2.12. The molecule has 5 N–H and O–H groups in total. The van der Waals surface area contributed by atoms with Gasteiger partial charge in [0, 0.05) is 11.6 Å². The molecule has 0 bridgehead atoms. The molecule has 0 aromatic heterocycles. The summed E-state index contributed by atoms with van der Waals surface area (Å²) in [5.74, 6) is -0.580. The number of nitro groups is 1. The van der Waals surface area contributed by atoms with E-state index in [4.69, 9.17) is 15.9 Å². The second-order valence-corrected chi connectivity index (χ2v) is 3.26. The van der Waals surface area contributed by atoms with Gasteiger partial charge in [-0.25, -0.2) is 0 Å². The number of phenolic OH excluding ortho intramolecular Hbond substituents is 1. The second-order valence-electron chi connectivity index (χ2n) is 3.26. The smallest absolute Gasteiger partial charge is 0.311 e. The lowest BCUT2D eigenvalue weighted by Crippen LogP contribution is -2.15. The van der Waals surface area contributed by atoms with Gasteiger partial charge in [-0.3, -0.25) is 10.1 Å². The van der Waals surface area contributed by atoms with E-state index in [0.717, 1.165) is 6.07 Å². The normalized spacial score (nSPS) is 12.4. The topological polar surface area (TPSA) is 130 Å². The molecular formula is C9H12N2O5. The van der Waals surface area contributed by atoms with Crippen molar-refractivity contribution in [3.63, 3.8) is 0 Å². The maximum atomic E-state index is 10.6. The molecule has 1 aromatic carbocycles. The molecule has 88 valence electrons. The van der Waals surface area contributed by atoms with Crippen LogP contribution in [-0.2, 0) is 6.61 Å². The number of aliphatic hydroxyl groups excluding tert-OH is 2. The first kappa shape index (κ1) is 12.4. The molecule has 0 aliphatic heterocycles. The fourth-order valence-corrected chi connectivity index (χ4v) is 1.31. The lowest BCUT2D eigenvalue weighted by atomic mass is 10.0. The highest BCUT2D eigenvalue weighted by Gasteiger charge is 2.21. The molecule has 0 spiro atoms. The van der Waals surface area contributed by atoms with Gasteiger partial charge >= 0.3 is 5.69 Å². The molecule has 1 aromatic rings. The quantitative estimate of drug-likeness (QED) is 0.416. The van der Waals surface area contributed by atoms with Gasteiger partial charge in [0.15, 0.2) is 5.75 Å². The number of nitrogens with two attached hydrogens (primary N) is 1. The lowest BCUT2D eigenvalue weighted by molar-refractivity contribution is -0.386. The van der Waals surface area contributed by atoms with Crippen molar-refractivity contribution >= 4 is 5.69 Å². The van der Waals surface area contributed by atoms with E-state index < -0.39 is 35.6 Å². The van der Waals surface area contributed by atoms with E-state index >= 15 is 0 Å². The van der Waals surface area contributed by atoms with Gasteiger partial charge in [0.2, 0.25) is 0 Å². The molecule has 0 heterocycles. The number of phenols is 1. The molecule has 0 saturated heterocycles. The molecule has 0 saturated carbocycles. The maximum absolute atomic E-state index is 10.6. The van der Waals surface area contributed by atoms with Gasteiger partial charge in [0.05, 0.1) is 24.2 Å². The Bertz CT molecular complexity index is 407. The number of aliphatic hydroxyl groups is 2. The fraction of sp³-hybridized carbons (Fsp3) is 0.333. The van der Waals surface area contributed by atoms with E-state index in [0.29, 0.717) is 0 Å². The van der Waals surface area contributed by atoms with Crippen molar-refractivity contribution in [1.82, 2.24) is 0 Å². The van der Waals surface area contributed by atoms with Gasteiger partial charge in [0.1, 0.15) is 0 Å². The molecule has 0 radical (unpaired) electrons. The highest BCUT2D eigenvalue weighted by atomic mass is 16.6. The van der Waals surface area contributed by atoms with Crippen LogP contribution in [0.2, 0.25) is 0 Å². The minimum Gasteiger partial charge on any atom is -0.502 e. The second kappa shape index (κ2) is 4.88. The Morgan fingerprint density at radius 2 is 2.06 bits per heavy atom. The molecule has 1 atom stereocenters. The zero-order chi connectivity index (χ0) is 12.3. The molecule has 7 heteroatoms. The van der Waals surface area contributed by atoms with Crippen LogP contribution >= 0.6 is 0 Å². The van der Waals surface area contributed by atoms with Crippen molar-refractivity contribution in [2.45, 2.75) is 12.6 Å². The van der Waals surface area contributed by atoms with Gasteiger partial charge in [0.25, 0.3) is 0 Å². The van der Waals surface area contributed by atoms with Crippen molar-refractivity contribution in [3.05, 3.63) is 33.4 Å². The number of aromatic hydroxyl groups is 1. The summed E-state index contributed by atoms with van der Waals surface area (Å²) in [6.45, 7) is -0.869. The summed E-state index contributed by atoms with van der Waals surface area (Å²) in [5.41, 5.74) is 5.23. The minimum absolute atomic E-state index is 0.0424. The third-order valence-corrected chi connectivity index (χ3v) is 2.15. The Hall–Kier alpha value is -1.70. The van der Waals surface area contributed by atoms with Crippen LogP contribution in [0.5, 0.6) is 5.75 Å². The van der Waals surface area contributed by atoms with Crippen LogP contribution in [0.15, 0.2) is 12.1 Å². The Morgan fingerprint density at radius 3 is 2.50 bits per heavy atom. The van der Waals surface area contributed by atoms with Crippen LogP contribution < -0.4 is 5.73 Å². The standard InChI is InChI=1S/C9H12N2O5/c10-7(4-13)6-1-5(3-12)2-8(9(6)14)11(15)16/h1-2,7,12-14H,3-4,10H2/t7-/m1/s1. The van der Waals surface area contributed by atoms with Crippen molar-refractivity contribution in [2.75, 3.05) is 6.61 Å². The average molecular weight is 228 g/mol. The summed E-state index contributed by atoms with van der Waals surface area (Å²) in [4.78, 5) is 9.84. The Kier molecular flexibility index (Phi) is 3.78. The zero-order valence-electron chi connectivity index (χ0n) is 8.33. The van der Waals surface area contributed by atoms with Crippen LogP contribution in [0.1, 0.15) is 17.2 Å². The summed E-state index contributed by atoms with van der Waals surface area (Å²) in [7, 11) is 0. The first-order valence-electron chi connectivity index (χ1n) is 4.48. The van der Waals surface area contributed by atoms with Gasteiger partial charge in [-0.1, -0.05) is 0 Å².